The number of carbonyl (C=O) groups excluding carboxylic acids is 1. The summed E-state index contributed by atoms with van der Waals surface area (Å²) in [5.41, 5.74) is 1.45. The quantitative estimate of drug-likeness (QED) is 0.906. The standard InChI is InChI=1S/C16H19N3O/c1-3-11-17-15-14(10-7-12-18-15)16(20)19(2)13-8-5-4-6-9-13/h4-10,12H,3,11H2,1-2H3,(H,17,18). The van der Waals surface area contributed by atoms with Gasteiger partial charge in [-0.05, 0) is 30.7 Å². The topological polar surface area (TPSA) is 45.2 Å². The van der Waals surface area contributed by atoms with Gasteiger partial charge in [0.15, 0.2) is 0 Å². The number of nitrogens with zero attached hydrogens (tertiary/aromatic N) is 2. The minimum Gasteiger partial charge on any atom is -0.369 e. The first-order valence-corrected chi connectivity index (χ1v) is 6.76. The normalized spacial score (nSPS) is 10.1. The highest BCUT2D eigenvalue weighted by Crippen LogP contribution is 2.18. The molecule has 2 rings (SSSR count). The minimum atomic E-state index is -0.0668. The van der Waals surface area contributed by atoms with Crippen LogP contribution in [-0.2, 0) is 0 Å². The molecule has 1 aromatic heterocycles. The summed E-state index contributed by atoms with van der Waals surface area (Å²) in [4.78, 5) is 18.5. The predicted octanol–water partition coefficient (Wildman–Crippen LogP) is 3.18. The molecule has 0 bridgehead atoms. The summed E-state index contributed by atoms with van der Waals surface area (Å²) < 4.78 is 0. The van der Waals surface area contributed by atoms with E-state index in [9.17, 15) is 4.79 Å². The lowest BCUT2D eigenvalue weighted by Crippen LogP contribution is -2.27. The molecule has 20 heavy (non-hydrogen) atoms. The van der Waals surface area contributed by atoms with E-state index in [1.165, 1.54) is 0 Å². The number of hydrogen-bond acceptors (Lipinski definition) is 3. The third-order valence-corrected chi connectivity index (χ3v) is 3.03. The molecule has 104 valence electrons. The lowest BCUT2D eigenvalue weighted by molar-refractivity contribution is 0.0993. The first kappa shape index (κ1) is 14.1. The average molecular weight is 269 g/mol. The summed E-state index contributed by atoms with van der Waals surface area (Å²) >= 11 is 0. The van der Waals surface area contributed by atoms with Crippen LogP contribution in [0.5, 0.6) is 0 Å². The van der Waals surface area contributed by atoms with Gasteiger partial charge in [0.2, 0.25) is 0 Å². The first-order chi connectivity index (χ1) is 9.74. The SMILES string of the molecule is CCCNc1ncccc1C(=O)N(C)c1ccccc1. The van der Waals surface area contributed by atoms with Crippen molar-refractivity contribution in [2.45, 2.75) is 13.3 Å². The van der Waals surface area contributed by atoms with Gasteiger partial charge < -0.3 is 10.2 Å². The molecule has 4 nitrogen and oxygen atoms in total. The lowest BCUT2D eigenvalue weighted by Gasteiger charge is -2.19. The molecule has 1 amide bonds. The summed E-state index contributed by atoms with van der Waals surface area (Å²) in [6.07, 6.45) is 2.68. The van der Waals surface area contributed by atoms with Gasteiger partial charge in [-0.1, -0.05) is 25.1 Å². The van der Waals surface area contributed by atoms with Gasteiger partial charge in [-0.15, -0.1) is 0 Å². The Morgan fingerprint density at radius 3 is 2.65 bits per heavy atom. The van der Waals surface area contributed by atoms with Crippen molar-refractivity contribution in [2.75, 3.05) is 23.8 Å². The van der Waals surface area contributed by atoms with Crippen LogP contribution in [0, 0.1) is 0 Å². The fourth-order valence-electron chi connectivity index (χ4n) is 1.91. The summed E-state index contributed by atoms with van der Waals surface area (Å²) in [7, 11) is 1.77. The number of nitrogens with one attached hydrogen (secondary N) is 1. The second kappa shape index (κ2) is 6.70. The van der Waals surface area contributed by atoms with E-state index in [1.54, 1.807) is 30.3 Å². The molecule has 0 atom stereocenters. The van der Waals surface area contributed by atoms with Gasteiger partial charge in [-0.3, -0.25) is 4.79 Å². The number of rotatable bonds is 5. The summed E-state index contributed by atoms with van der Waals surface area (Å²) in [5.74, 6) is 0.574. The Morgan fingerprint density at radius 1 is 1.20 bits per heavy atom. The maximum absolute atomic E-state index is 12.6. The van der Waals surface area contributed by atoms with Crippen LogP contribution in [0.1, 0.15) is 23.7 Å². The molecule has 0 aliphatic heterocycles. The molecular formula is C16H19N3O. The molecule has 2 aromatic rings. The lowest BCUT2D eigenvalue weighted by atomic mass is 10.2. The molecule has 0 spiro atoms. The van der Waals surface area contributed by atoms with Crippen LogP contribution in [-0.4, -0.2) is 24.5 Å². The van der Waals surface area contributed by atoms with Crippen LogP contribution in [0.15, 0.2) is 48.7 Å². The Hall–Kier alpha value is -2.36. The second-order valence-corrected chi connectivity index (χ2v) is 4.53. The van der Waals surface area contributed by atoms with E-state index < -0.39 is 0 Å². The zero-order valence-electron chi connectivity index (χ0n) is 11.8. The van der Waals surface area contributed by atoms with Gasteiger partial charge in [0.05, 0.1) is 5.56 Å². The third kappa shape index (κ3) is 3.15. The van der Waals surface area contributed by atoms with Crippen LogP contribution < -0.4 is 10.2 Å². The maximum Gasteiger partial charge on any atom is 0.261 e. The smallest absolute Gasteiger partial charge is 0.261 e. The fourth-order valence-corrected chi connectivity index (χ4v) is 1.91. The Labute approximate surface area is 119 Å². The number of benzene rings is 1. The highest BCUT2D eigenvalue weighted by atomic mass is 16.2. The highest BCUT2D eigenvalue weighted by molar-refractivity contribution is 6.08. The monoisotopic (exact) mass is 269 g/mol. The minimum absolute atomic E-state index is 0.0668. The van der Waals surface area contributed by atoms with Crippen LogP contribution >= 0.6 is 0 Å². The molecule has 0 saturated heterocycles. The Balaban J connectivity index is 2.25. The molecule has 0 radical (unpaired) electrons. The Kier molecular flexibility index (Phi) is 4.71. The number of anilines is 2. The molecule has 1 N–H and O–H groups in total. The van der Waals surface area contributed by atoms with Gasteiger partial charge >= 0.3 is 0 Å². The van der Waals surface area contributed by atoms with E-state index >= 15 is 0 Å². The van der Waals surface area contributed by atoms with Crippen molar-refractivity contribution >= 4 is 17.4 Å². The molecule has 1 heterocycles. The van der Waals surface area contributed by atoms with Crippen LogP contribution in [0.2, 0.25) is 0 Å². The van der Waals surface area contributed by atoms with E-state index in [-0.39, 0.29) is 5.91 Å². The summed E-state index contributed by atoms with van der Waals surface area (Å²) in [5, 5.41) is 3.19. The third-order valence-electron chi connectivity index (χ3n) is 3.03. The van der Waals surface area contributed by atoms with Gasteiger partial charge in [-0.2, -0.15) is 0 Å². The van der Waals surface area contributed by atoms with Crippen LogP contribution in [0.3, 0.4) is 0 Å². The van der Waals surface area contributed by atoms with Crippen molar-refractivity contribution in [3.8, 4) is 0 Å². The molecule has 0 fully saturated rings. The van der Waals surface area contributed by atoms with Gasteiger partial charge in [0, 0.05) is 25.5 Å². The molecule has 0 unspecified atom stereocenters. The van der Waals surface area contributed by atoms with E-state index in [0.717, 1.165) is 18.7 Å². The van der Waals surface area contributed by atoms with Crippen molar-refractivity contribution in [2.24, 2.45) is 0 Å². The molecular weight excluding hydrogens is 250 g/mol. The zero-order chi connectivity index (χ0) is 14.4. The molecule has 0 aliphatic rings. The van der Waals surface area contributed by atoms with Crippen LogP contribution in [0.4, 0.5) is 11.5 Å². The average Bonchev–Trinajstić information content (AvgIpc) is 2.52. The van der Waals surface area contributed by atoms with E-state index in [0.29, 0.717) is 11.4 Å². The molecule has 1 aromatic carbocycles. The number of pyridine rings is 1. The maximum atomic E-state index is 12.6. The zero-order valence-corrected chi connectivity index (χ0v) is 11.8. The van der Waals surface area contributed by atoms with E-state index in [1.807, 2.05) is 30.3 Å². The van der Waals surface area contributed by atoms with E-state index in [2.05, 4.69) is 17.2 Å². The van der Waals surface area contributed by atoms with Crippen molar-refractivity contribution in [1.29, 1.82) is 0 Å². The van der Waals surface area contributed by atoms with Crippen molar-refractivity contribution in [3.05, 3.63) is 54.2 Å². The number of carbonyl (C=O) groups is 1. The number of para-hydroxylation sites is 1. The predicted molar refractivity (Wildman–Crippen MR) is 82.2 cm³/mol. The highest BCUT2D eigenvalue weighted by Gasteiger charge is 2.17. The number of aromatic nitrogens is 1. The van der Waals surface area contributed by atoms with Crippen LogP contribution in [0.25, 0.3) is 0 Å². The Morgan fingerprint density at radius 2 is 1.95 bits per heavy atom. The number of hydrogen-bond donors (Lipinski definition) is 1. The van der Waals surface area contributed by atoms with Gasteiger partial charge in [0.25, 0.3) is 5.91 Å². The first-order valence-electron chi connectivity index (χ1n) is 6.76. The van der Waals surface area contributed by atoms with Crippen molar-refractivity contribution < 1.29 is 4.79 Å². The van der Waals surface area contributed by atoms with Gasteiger partial charge in [0.1, 0.15) is 5.82 Å². The van der Waals surface area contributed by atoms with Gasteiger partial charge in [-0.25, -0.2) is 4.98 Å². The summed E-state index contributed by atoms with van der Waals surface area (Å²) in [6, 6.07) is 13.2. The molecule has 4 heteroatoms. The molecule has 0 aliphatic carbocycles. The van der Waals surface area contributed by atoms with Crippen molar-refractivity contribution in [3.63, 3.8) is 0 Å². The molecule has 0 saturated carbocycles. The van der Waals surface area contributed by atoms with Crippen molar-refractivity contribution in [1.82, 2.24) is 4.98 Å². The fraction of sp³-hybridized carbons (Fsp3) is 0.250. The number of amides is 1. The summed E-state index contributed by atoms with van der Waals surface area (Å²) in [6.45, 7) is 2.87. The largest absolute Gasteiger partial charge is 0.369 e. The second-order valence-electron chi connectivity index (χ2n) is 4.53. The Bertz CT molecular complexity index is 569. The van der Waals surface area contributed by atoms with E-state index in [4.69, 9.17) is 0 Å².